The second-order valence-corrected chi connectivity index (χ2v) is 4.93. The second kappa shape index (κ2) is 7.12. The van der Waals surface area contributed by atoms with Crippen molar-refractivity contribution in [2.45, 2.75) is 20.0 Å². The van der Waals surface area contributed by atoms with Gasteiger partial charge in [-0.2, -0.15) is 13.2 Å². The van der Waals surface area contributed by atoms with E-state index in [-0.39, 0.29) is 17.8 Å². The van der Waals surface area contributed by atoms with E-state index < -0.39 is 35.4 Å². The Morgan fingerprint density at radius 2 is 1.83 bits per heavy atom. The molecular weight excluding hydrogens is 317 g/mol. The highest BCUT2D eigenvalue weighted by molar-refractivity contribution is 5.97. The lowest BCUT2D eigenvalue weighted by Gasteiger charge is -2.13. The second-order valence-electron chi connectivity index (χ2n) is 4.93. The number of hydrogen-bond acceptors (Lipinski definition) is 3. The smallest absolute Gasteiger partial charge is 0.416 e. The number of aliphatic carboxylic acids is 1. The number of alkyl halides is 3. The molecule has 0 heterocycles. The van der Waals surface area contributed by atoms with Crippen LogP contribution >= 0.6 is 0 Å². The summed E-state index contributed by atoms with van der Waals surface area (Å²) in [4.78, 5) is 33.6. The average Bonchev–Trinajstić information content (AvgIpc) is 2.42. The number of halogens is 3. The van der Waals surface area contributed by atoms with Gasteiger partial charge in [0.05, 0.1) is 11.5 Å². The van der Waals surface area contributed by atoms with E-state index in [1.54, 1.807) is 0 Å². The molecule has 0 aliphatic heterocycles. The van der Waals surface area contributed by atoms with Crippen molar-refractivity contribution in [3.8, 4) is 0 Å². The zero-order valence-electron chi connectivity index (χ0n) is 12.3. The number of nitrogens with one attached hydrogen (secondary N) is 2. The van der Waals surface area contributed by atoms with Crippen LogP contribution in [-0.2, 0) is 15.8 Å². The van der Waals surface area contributed by atoms with Crippen molar-refractivity contribution in [3.63, 3.8) is 0 Å². The van der Waals surface area contributed by atoms with E-state index in [0.29, 0.717) is 12.1 Å². The third kappa shape index (κ3) is 5.61. The molecular formula is C14H15F3N2O4. The summed E-state index contributed by atoms with van der Waals surface area (Å²) in [5, 5.41) is 13.1. The maximum atomic E-state index is 12.8. The van der Waals surface area contributed by atoms with E-state index in [1.807, 2.05) is 0 Å². The van der Waals surface area contributed by atoms with Gasteiger partial charge in [0, 0.05) is 24.7 Å². The Balaban J connectivity index is 3.06. The fourth-order valence-electron chi connectivity index (χ4n) is 1.63. The summed E-state index contributed by atoms with van der Waals surface area (Å²) in [5.41, 5.74) is -1.61. The Morgan fingerprint density at radius 3 is 2.30 bits per heavy atom. The highest BCUT2D eigenvalue weighted by Crippen LogP contribution is 2.32. The van der Waals surface area contributed by atoms with Crippen molar-refractivity contribution < 1.29 is 32.7 Å². The molecule has 1 aromatic rings. The zero-order valence-corrected chi connectivity index (χ0v) is 12.3. The van der Waals surface area contributed by atoms with E-state index in [9.17, 15) is 27.6 Å². The lowest BCUT2D eigenvalue weighted by atomic mass is 10.1. The predicted octanol–water partition coefficient (Wildman–Crippen LogP) is 2.11. The highest BCUT2D eigenvalue weighted by atomic mass is 19.4. The van der Waals surface area contributed by atoms with Gasteiger partial charge in [-0.05, 0) is 18.2 Å². The van der Waals surface area contributed by atoms with Crippen LogP contribution < -0.4 is 10.6 Å². The van der Waals surface area contributed by atoms with Gasteiger partial charge in [-0.25, -0.2) is 0 Å². The first-order valence-electron chi connectivity index (χ1n) is 6.51. The molecule has 0 saturated carbocycles. The molecule has 1 rings (SSSR count). The fourth-order valence-corrected chi connectivity index (χ4v) is 1.63. The van der Waals surface area contributed by atoms with Crippen molar-refractivity contribution in [3.05, 3.63) is 29.3 Å². The molecule has 1 atom stereocenters. The molecule has 23 heavy (non-hydrogen) atoms. The van der Waals surface area contributed by atoms with Crippen LogP contribution in [-0.4, -0.2) is 29.4 Å². The minimum Gasteiger partial charge on any atom is -0.481 e. The van der Waals surface area contributed by atoms with Gasteiger partial charge in [0.2, 0.25) is 5.91 Å². The normalized spacial score (nSPS) is 12.4. The topological polar surface area (TPSA) is 95.5 Å². The third-order valence-electron chi connectivity index (χ3n) is 2.83. The summed E-state index contributed by atoms with van der Waals surface area (Å²) < 4.78 is 38.5. The Morgan fingerprint density at radius 1 is 1.22 bits per heavy atom. The van der Waals surface area contributed by atoms with Gasteiger partial charge in [0.15, 0.2) is 0 Å². The van der Waals surface area contributed by atoms with Gasteiger partial charge in [-0.15, -0.1) is 0 Å². The fraction of sp³-hybridized carbons (Fsp3) is 0.357. The van der Waals surface area contributed by atoms with Crippen LogP contribution in [0, 0.1) is 5.92 Å². The number of carboxylic acid groups (broad SMARTS) is 1. The van der Waals surface area contributed by atoms with Crippen LogP contribution in [0.15, 0.2) is 18.2 Å². The minimum atomic E-state index is -4.70. The molecule has 6 nitrogen and oxygen atoms in total. The summed E-state index contributed by atoms with van der Waals surface area (Å²) in [6, 6.07) is 2.42. The lowest BCUT2D eigenvalue weighted by molar-refractivity contribution is -0.141. The summed E-state index contributed by atoms with van der Waals surface area (Å²) >= 11 is 0. The first-order valence-corrected chi connectivity index (χ1v) is 6.51. The SMILES string of the molecule is CC(=O)Nc1cc(C(=O)NCC(C)C(=O)O)cc(C(F)(F)F)c1. The average molecular weight is 332 g/mol. The summed E-state index contributed by atoms with van der Waals surface area (Å²) in [7, 11) is 0. The number of hydrogen-bond donors (Lipinski definition) is 3. The summed E-state index contributed by atoms with van der Waals surface area (Å²) in [6.07, 6.45) is -4.70. The number of anilines is 1. The molecule has 0 radical (unpaired) electrons. The van der Waals surface area contributed by atoms with E-state index in [1.165, 1.54) is 6.92 Å². The molecule has 1 unspecified atom stereocenters. The first kappa shape index (κ1) is 18.5. The quantitative estimate of drug-likeness (QED) is 0.769. The minimum absolute atomic E-state index is 0.177. The van der Waals surface area contributed by atoms with E-state index in [2.05, 4.69) is 10.6 Å². The van der Waals surface area contributed by atoms with Gasteiger partial charge in [0.25, 0.3) is 5.91 Å². The van der Waals surface area contributed by atoms with Crippen LogP contribution in [0.1, 0.15) is 29.8 Å². The number of benzene rings is 1. The maximum absolute atomic E-state index is 12.8. The summed E-state index contributed by atoms with van der Waals surface area (Å²) in [5.74, 6) is -3.49. The third-order valence-corrected chi connectivity index (χ3v) is 2.83. The van der Waals surface area contributed by atoms with Crippen LogP contribution in [0.25, 0.3) is 0 Å². The molecule has 0 fully saturated rings. The van der Waals surface area contributed by atoms with Crippen LogP contribution in [0.4, 0.5) is 18.9 Å². The van der Waals surface area contributed by atoms with Gasteiger partial charge in [0.1, 0.15) is 0 Å². The molecule has 0 aromatic heterocycles. The summed E-state index contributed by atoms with van der Waals surface area (Å²) in [6.45, 7) is 2.23. The number of carboxylic acids is 1. The molecule has 0 aliphatic carbocycles. The Bertz CT molecular complexity index is 629. The predicted molar refractivity (Wildman–Crippen MR) is 74.9 cm³/mol. The highest BCUT2D eigenvalue weighted by Gasteiger charge is 2.32. The monoisotopic (exact) mass is 332 g/mol. The molecule has 0 aliphatic rings. The van der Waals surface area contributed by atoms with Crippen molar-refractivity contribution >= 4 is 23.5 Å². The Hall–Kier alpha value is -2.58. The molecule has 0 bridgehead atoms. The standard InChI is InChI=1S/C14H15F3N2O4/c1-7(13(22)23)6-18-12(21)9-3-10(14(15,16)17)5-11(4-9)19-8(2)20/h3-5,7H,6H2,1-2H3,(H,18,21)(H,19,20)(H,22,23). The molecule has 3 N–H and O–H groups in total. The van der Waals surface area contributed by atoms with Crippen molar-refractivity contribution in [2.75, 3.05) is 11.9 Å². The molecule has 1 aromatic carbocycles. The van der Waals surface area contributed by atoms with Crippen LogP contribution in [0.5, 0.6) is 0 Å². The molecule has 9 heteroatoms. The van der Waals surface area contributed by atoms with E-state index >= 15 is 0 Å². The molecule has 0 saturated heterocycles. The largest absolute Gasteiger partial charge is 0.481 e. The number of carbonyl (C=O) groups is 3. The van der Waals surface area contributed by atoms with Crippen LogP contribution in [0.3, 0.4) is 0 Å². The Kier molecular flexibility index (Phi) is 5.72. The van der Waals surface area contributed by atoms with Crippen molar-refractivity contribution in [1.29, 1.82) is 0 Å². The van der Waals surface area contributed by atoms with Gasteiger partial charge >= 0.3 is 12.1 Å². The number of amides is 2. The van der Waals surface area contributed by atoms with Crippen molar-refractivity contribution in [1.82, 2.24) is 5.32 Å². The molecule has 2 amide bonds. The first-order chi connectivity index (χ1) is 10.5. The number of carbonyl (C=O) groups excluding carboxylic acids is 2. The zero-order chi connectivity index (χ0) is 17.8. The van der Waals surface area contributed by atoms with Gasteiger partial charge < -0.3 is 15.7 Å². The van der Waals surface area contributed by atoms with Crippen LogP contribution in [0.2, 0.25) is 0 Å². The van der Waals surface area contributed by atoms with E-state index in [4.69, 9.17) is 5.11 Å². The van der Waals surface area contributed by atoms with Gasteiger partial charge in [-0.1, -0.05) is 6.92 Å². The molecule has 0 spiro atoms. The van der Waals surface area contributed by atoms with E-state index in [0.717, 1.165) is 13.0 Å². The van der Waals surface area contributed by atoms with Gasteiger partial charge in [-0.3, -0.25) is 14.4 Å². The van der Waals surface area contributed by atoms with Crippen molar-refractivity contribution in [2.24, 2.45) is 5.92 Å². The number of rotatable bonds is 5. The maximum Gasteiger partial charge on any atom is 0.416 e. The lowest BCUT2D eigenvalue weighted by Crippen LogP contribution is -2.31. The Labute approximate surface area is 129 Å². The molecule has 126 valence electrons.